The Morgan fingerprint density at radius 1 is 0.269 bits per heavy atom. The van der Waals surface area contributed by atoms with Gasteiger partial charge in [-0.15, -0.1) is 0 Å². The molecule has 532 valence electrons. The first-order chi connectivity index (χ1) is 52.0. The third-order valence-corrected chi connectivity index (χ3v) is 22.1. The van der Waals surface area contributed by atoms with E-state index in [0.29, 0.717) is 17.2 Å². The van der Waals surface area contributed by atoms with Crippen molar-refractivity contribution in [2.24, 2.45) is 0 Å². The van der Waals surface area contributed by atoms with E-state index in [1.807, 2.05) is 143 Å². The maximum atomic E-state index is 15.8. The molecule has 14 aromatic carbocycles. The molecule has 0 amide bonds. The Morgan fingerprint density at radius 3 is 0.944 bits per heavy atom. The van der Waals surface area contributed by atoms with Crippen LogP contribution in [0.15, 0.2) is 261 Å². The van der Waals surface area contributed by atoms with Gasteiger partial charge in [-0.25, -0.2) is 48.3 Å². The van der Waals surface area contributed by atoms with Crippen molar-refractivity contribution in [3.05, 3.63) is 347 Å². The molecule has 0 saturated carbocycles. The van der Waals surface area contributed by atoms with Crippen molar-refractivity contribution in [1.82, 2.24) is 13.7 Å². The number of benzene rings is 14. The standard InChI is InChI=1S/C42H26F8.C36H22F2N2.C16H16FN/c1-41(2)25-11-7-5-9-21(25)23-15-13-19(17-27(23)41)29-33(43)37(47)31(38(48)34(29)44)32-39(49)35(45)30(36(46)40(32)50)20-14-16-24-22-10-6-8-12-26(22)42(3,4)28(24)18-20;37-25-13-19-35-31(21-25)29-5-1-3-7-33(29)39(35)27-15-9-23(10-16-27)24-11-17-28(18-12-24)40-34-8-4-2-6-30(34)32-22-26(38)14-20-36(32)40;1-3-11(2)18-15-7-5-4-6-13(15)14-10-12(17)8-9-16(14)18/h5-18H,1-4H3;1-22H;4-11H,3H2,1-2H3. The summed E-state index contributed by atoms with van der Waals surface area (Å²) >= 11 is 0. The second-order valence-electron chi connectivity index (χ2n) is 28.8. The Balaban J connectivity index is 0.000000131. The van der Waals surface area contributed by atoms with E-state index in [9.17, 15) is 13.2 Å². The fourth-order valence-corrected chi connectivity index (χ4v) is 16.6. The second kappa shape index (κ2) is 26.0. The van der Waals surface area contributed by atoms with Crippen LogP contribution < -0.4 is 0 Å². The molecule has 2 aliphatic carbocycles. The minimum absolute atomic E-state index is 0.172. The van der Waals surface area contributed by atoms with E-state index in [1.54, 1.807) is 36.4 Å². The number of nitrogens with zero attached hydrogens (tertiary/aromatic N) is 3. The zero-order chi connectivity index (χ0) is 75.1. The molecule has 0 N–H and O–H groups in total. The topological polar surface area (TPSA) is 14.8 Å². The minimum atomic E-state index is -2.21. The molecular weight excluding hydrogens is 1380 g/mol. The van der Waals surface area contributed by atoms with Crippen LogP contribution in [0.4, 0.5) is 48.3 Å². The van der Waals surface area contributed by atoms with Crippen LogP contribution in [0.1, 0.15) is 76.3 Å². The van der Waals surface area contributed by atoms with Gasteiger partial charge in [0.05, 0.1) is 44.3 Å². The van der Waals surface area contributed by atoms with Crippen LogP contribution in [0.3, 0.4) is 0 Å². The van der Waals surface area contributed by atoms with Crippen molar-refractivity contribution in [2.45, 2.75) is 64.8 Å². The van der Waals surface area contributed by atoms with Crippen molar-refractivity contribution >= 4 is 65.4 Å². The zero-order valence-electron chi connectivity index (χ0n) is 59.1. The molecule has 1 unspecified atom stereocenters. The number of fused-ring (bicyclic) bond motifs is 15. The number of para-hydroxylation sites is 3. The highest BCUT2D eigenvalue weighted by atomic mass is 19.2. The third-order valence-electron chi connectivity index (χ3n) is 22.1. The molecule has 2 aliphatic rings. The lowest BCUT2D eigenvalue weighted by molar-refractivity contribution is 0.446. The summed E-state index contributed by atoms with van der Waals surface area (Å²) in [7, 11) is 0. The molecule has 0 aliphatic heterocycles. The molecule has 14 heteroatoms. The first-order valence-electron chi connectivity index (χ1n) is 35.5. The van der Waals surface area contributed by atoms with E-state index < -0.39 is 79.6 Å². The second-order valence-corrected chi connectivity index (χ2v) is 28.8. The Kier molecular flexibility index (Phi) is 16.6. The van der Waals surface area contributed by atoms with Crippen LogP contribution >= 0.6 is 0 Å². The molecule has 3 nitrogen and oxygen atoms in total. The molecule has 3 heterocycles. The van der Waals surface area contributed by atoms with Crippen LogP contribution in [0, 0.1) is 64.0 Å². The number of rotatable bonds is 8. The molecule has 108 heavy (non-hydrogen) atoms. The summed E-state index contributed by atoms with van der Waals surface area (Å²) in [5, 5.41) is 6.01. The maximum Gasteiger partial charge on any atom is 0.170 e. The molecule has 1 atom stereocenters. The lowest BCUT2D eigenvalue weighted by Gasteiger charge is -2.22. The fraction of sp³-hybridized carbons (Fsp3) is 0.106. The highest BCUT2D eigenvalue weighted by Gasteiger charge is 2.40. The Morgan fingerprint density at radius 2 is 0.556 bits per heavy atom. The Labute approximate surface area is 614 Å². The van der Waals surface area contributed by atoms with Gasteiger partial charge in [-0.1, -0.05) is 186 Å². The summed E-state index contributed by atoms with van der Waals surface area (Å²) < 4.78 is 175. The van der Waals surface area contributed by atoms with E-state index in [4.69, 9.17) is 0 Å². The number of hydrogen-bond acceptors (Lipinski definition) is 0. The first kappa shape index (κ1) is 68.8. The van der Waals surface area contributed by atoms with Crippen molar-refractivity contribution in [3.63, 3.8) is 0 Å². The number of aromatic nitrogens is 3. The lowest BCUT2D eigenvalue weighted by Crippen LogP contribution is -2.15. The van der Waals surface area contributed by atoms with Gasteiger partial charge in [-0.3, -0.25) is 0 Å². The van der Waals surface area contributed by atoms with Crippen molar-refractivity contribution in [3.8, 4) is 78.1 Å². The van der Waals surface area contributed by atoms with Crippen LogP contribution in [-0.2, 0) is 10.8 Å². The summed E-state index contributed by atoms with van der Waals surface area (Å²) in [6.45, 7) is 11.9. The fourth-order valence-electron chi connectivity index (χ4n) is 16.6. The third kappa shape index (κ3) is 10.8. The van der Waals surface area contributed by atoms with E-state index >= 15 is 35.1 Å². The van der Waals surface area contributed by atoms with Gasteiger partial charge in [0.15, 0.2) is 46.5 Å². The average molecular weight is 1440 g/mol. The number of halogens is 11. The number of hydrogen-bond donors (Lipinski definition) is 0. The van der Waals surface area contributed by atoms with Gasteiger partial charge < -0.3 is 13.7 Å². The molecule has 0 radical (unpaired) electrons. The van der Waals surface area contributed by atoms with Crippen LogP contribution in [0.5, 0.6) is 0 Å². The first-order valence-corrected chi connectivity index (χ1v) is 35.5. The summed E-state index contributed by atoms with van der Waals surface area (Å²) in [5.74, 6) is -17.4. The van der Waals surface area contributed by atoms with Crippen molar-refractivity contribution in [1.29, 1.82) is 0 Å². The zero-order valence-corrected chi connectivity index (χ0v) is 59.1. The monoisotopic (exact) mass is 1440 g/mol. The molecular formula is C94H64F11N3. The van der Waals surface area contributed by atoms with Gasteiger partial charge in [-0.05, 0) is 189 Å². The van der Waals surface area contributed by atoms with Gasteiger partial charge >= 0.3 is 0 Å². The molecule has 0 spiro atoms. The normalized spacial score (nSPS) is 13.4. The quantitative estimate of drug-likeness (QED) is 0.106. The van der Waals surface area contributed by atoms with Gasteiger partial charge in [-0.2, -0.15) is 0 Å². The summed E-state index contributed by atoms with van der Waals surface area (Å²) in [6.07, 6.45) is 1.06. The SMILES string of the molecule is CC1(C)c2ccccc2-c2ccc(-c3c(F)c(F)c(-c4c(F)c(F)c(-c5ccc6c(c5)C(C)(C)c5ccccc5-6)c(F)c4F)c(F)c3F)cc21.CCC(C)n1c2ccccc2c2cc(F)ccc21.Fc1ccc2c(c1)c1ccccc1n2-c1ccc(-c2ccc(-n3c4ccccc4c4cc(F)ccc43)cc2)cc1. The molecule has 0 saturated heterocycles. The lowest BCUT2D eigenvalue weighted by atomic mass is 9.81. The van der Waals surface area contributed by atoms with E-state index in [-0.39, 0.29) is 28.6 Å². The van der Waals surface area contributed by atoms with Gasteiger partial charge in [0.2, 0.25) is 0 Å². The molecule has 17 aromatic rings. The minimum Gasteiger partial charge on any atom is -0.338 e. The van der Waals surface area contributed by atoms with E-state index in [2.05, 4.69) is 100 Å². The van der Waals surface area contributed by atoms with Gasteiger partial charge in [0.25, 0.3) is 0 Å². The smallest absolute Gasteiger partial charge is 0.170 e. The van der Waals surface area contributed by atoms with E-state index in [1.165, 1.54) is 41.9 Å². The molecule has 3 aromatic heterocycles. The Bertz CT molecular complexity index is 6180. The maximum absolute atomic E-state index is 15.8. The molecule has 19 rings (SSSR count). The highest BCUT2D eigenvalue weighted by Crippen LogP contribution is 2.53. The van der Waals surface area contributed by atoms with Crippen molar-refractivity contribution < 1.29 is 48.3 Å². The Hall–Kier alpha value is -12.3. The van der Waals surface area contributed by atoms with Gasteiger partial charge in [0.1, 0.15) is 17.5 Å². The summed E-state index contributed by atoms with van der Waals surface area (Å²) in [5.41, 5.74) is 9.27. The van der Waals surface area contributed by atoms with Crippen molar-refractivity contribution in [2.75, 3.05) is 0 Å². The molecule has 0 bridgehead atoms. The summed E-state index contributed by atoms with van der Waals surface area (Å²) in [4.78, 5) is 0. The van der Waals surface area contributed by atoms with Crippen LogP contribution in [0.2, 0.25) is 0 Å². The van der Waals surface area contributed by atoms with Crippen LogP contribution in [0.25, 0.3) is 144 Å². The molecule has 0 fully saturated rings. The predicted octanol–water partition coefficient (Wildman–Crippen LogP) is 27.1. The van der Waals surface area contributed by atoms with Gasteiger partial charge in [0, 0.05) is 71.6 Å². The predicted molar refractivity (Wildman–Crippen MR) is 412 cm³/mol. The van der Waals surface area contributed by atoms with Crippen LogP contribution in [-0.4, -0.2) is 13.7 Å². The van der Waals surface area contributed by atoms with E-state index in [0.717, 1.165) is 122 Å². The summed E-state index contributed by atoms with van der Waals surface area (Å²) in [6, 6.07) is 80.2. The largest absolute Gasteiger partial charge is 0.338 e. The highest BCUT2D eigenvalue weighted by molar-refractivity contribution is 6.11. The average Bonchev–Trinajstić information content (AvgIpc) is 1.68.